The Balaban J connectivity index is 1.64. The van der Waals surface area contributed by atoms with E-state index in [0.29, 0.717) is 32.9 Å². The lowest BCUT2D eigenvalue weighted by Crippen LogP contribution is -2.40. The number of hydrogen-bond donors (Lipinski definition) is 1. The summed E-state index contributed by atoms with van der Waals surface area (Å²) in [4.78, 5) is 34.9. The molecule has 1 aliphatic rings. The van der Waals surface area contributed by atoms with Gasteiger partial charge in [0.1, 0.15) is 5.75 Å². The molecule has 0 radical (unpaired) electrons. The number of nitrogens with zero attached hydrogens (tertiary/aromatic N) is 3. The molecule has 1 atom stereocenters. The highest BCUT2D eigenvalue weighted by atomic mass is 79.9. The number of anilines is 2. The van der Waals surface area contributed by atoms with Crippen LogP contribution in [0.4, 0.5) is 11.4 Å². The number of ether oxygens (including phenoxy) is 1. The number of allylic oxidation sites excluding steroid dienone is 1. The third-order valence-electron chi connectivity index (χ3n) is 6.56. The van der Waals surface area contributed by atoms with Gasteiger partial charge in [-0.05, 0) is 83.4 Å². The molecule has 40 heavy (non-hydrogen) atoms. The van der Waals surface area contributed by atoms with Gasteiger partial charge in [0.25, 0.3) is 11.5 Å². The molecule has 9 heteroatoms. The predicted molar refractivity (Wildman–Crippen MR) is 165 cm³/mol. The van der Waals surface area contributed by atoms with Crippen LogP contribution in [-0.2, 0) is 4.79 Å². The van der Waals surface area contributed by atoms with E-state index in [1.54, 1.807) is 4.57 Å². The molecule has 1 aliphatic heterocycles. The third-order valence-corrected chi connectivity index (χ3v) is 8.17. The molecular weight excluding hydrogens is 588 g/mol. The Morgan fingerprint density at radius 1 is 1.12 bits per heavy atom. The number of benzene rings is 3. The molecule has 0 aliphatic carbocycles. The van der Waals surface area contributed by atoms with Crippen LogP contribution in [0.2, 0.25) is 0 Å². The van der Waals surface area contributed by atoms with Gasteiger partial charge in [0.2, 0.25) is 0 Å². The lowest BCUT2D eigenvalue weighted by atomic mass is 9.95. The fourth-order valence-corrected chi connectivity index (χ4v) is 6.48. The average molecular weight is 618 g/mol. The van der Waals surface area contributed by atoms with Crippen molar-refractivity contribution in [3.8, 4) is 5.75 Å². The maximum Gasteiger partial charge on any atom is 0.271 e. The zero-order valence-corrected chi connectivity index (χ0v) is 25.0. The molecule has 0 fully saturated rings. The van der Waals surface area contributed by atoms with Gasteiger partial charge in [0, 0.05) is 24.3 Å². The first kappa shape index (κ1) is 27.6. The molecule has 7 nitrogen and oxygen atoms in total. The summed E-state index contributed by atoms with van der Waals surface area (Å²) in [5.74, 6) is 0.421. The summed E-state index contributed by atoms with van der Waals surface area (Å²) in [6.07, 6.45) is 1.87. The number of fused-ring (bicyclic) bond motifs is 1. The van der Waals surface area contributed by atoms with E-state index < -0.39 is 6.04 Å². The molecule has 2 heterocycles. The second-order valence-electron chi connectivity index (χ2n) is 9.51. The summed E-state index contributed by atoms with van der Waals surface area (Å²) in [6, 6.07) is 22.1. The summed E-state index contributed by atoms with van der Waals surface area (Å²) >= 11 is 4.95. The van der Waals surface area contributed by atoms with E-state index >= 15 is 0 Å². The first-order chi connectivity index (χ1) is 19.3. The molecule has 0 saturated carbocycles. The van der Waals surface area contributed by atoms with Gasteiger partial charge < -0.3 is 15.0 Å². The summed E-state index contributed by atoms with van der Waals surface area (Å²) in [5, 5.41) is 2.98. The van der Waals surface area contributed by atoms with Crippen molar-refractivity contribution in [1.82, 2.24) is 4.57 Å². The van der Waals surface area contributed by atoms with E-state index in [1.165, 1.54) is 11.3 Å². The zero-order valence-electron chi connectivity index (χ0n) is 22.6. The second kappa shape index (κ2) is 11.7. The van der Waals surface area contributed by atoms with Gasteiger partial charge in [-0.3, -0.25) is 14.2 Å². The Labute approximate surface area is 244 Å². The lowest BCUT2D eigenvalue weighted by Gasteiger charge is -2.25. The van der Waals surface area contributed by atoms with Crippen molar-refractivity contribution in [3.05, 3.63) is 119 Å². The van der Waals surface area contributed by atoms with Crippen LogP contribution in [-0.4, -0.2) is 31.2 Å². The Morgan fingerprint density at radius 3 is 2.50 bits per heavy atom. The van der Waals surface area contributed by atoms with E-state index in [2.05, 4.69) is 21.2 Å². The molecule has 1 N–H and O–H groups in total. The number of amides is 1. The Hall–Kier alpha value is -3.95. The first-order valence-corrected chi connectivity index (χ1v) is 14.5. The van der Waals surface area contributed by atoms with Crippen LogP contribution in [0.3, 0.4) is 0 Å². The maximum atomic E-state index is 13.9. The number of carbonyl (C=O) groups excluding carboxylic acids is 1. The molecule has 5 rings (SSSR count). The SMILES string of the molecule is CCOc1ccc([C@H]2C(C(=O)Nc3ccccc3)=C(C)N=c3s/c(=C\c4ccc(N(C)C)c(Br)c4)c(=O)n32)cc1. The van der Waals surface area contributed by atoms with E-state index in [-0.39, 0.29) is 11.5 Å². The normalized spacial score (nSPS) is 14.9. The number of thiazole rings is 1. The quantitative estimate of drug-likeness (QED) is 0.313. The van der Waals surface area contributed by atoms with Crippen molar-refractivity contribution in [3.63, 3.8) is 0 Å². The van der Waals surface area contributed by atoms with Gasteiger partial charge in [-0.15, -0.1) is 0 Å². The Morgan fingerprint density at radius 2 is 1.85 bits per heavy atom. The highest BCUT2D eigenvalue weighted by Crippen LogP contribution is 2.32. The highest BCUT2D eigenvalue weighted by molar-refractivity contribution is 9.10. The molecule has 4 aromatic rings. The molecule has 0 bridgehead atoms. The second-order valence-corrected chi connectivity index (χ2v) is 11.4. The van der Waals surface area contributed by atoms with Gasteiger partial charge in [-0.1, -0.05) is 47.7 Å². The Kier molecular flexibility index (Phi) is 8.04. The van der Waals surface area contributed by atoms with E-state index in [9.17, 15) is 9.59 Å². The van der Waals surface area contributed by atoms with Crippen molar-refractivity contribution in [1.29, 1.82) is 0 Å². The van der Waals surface area contributed by atoms with E-state index in [1.807, 2.05) is 112 Å². The number of rotatable bonds is 7. The van der Waals surface area contributed by atoms with Crippen LogP contribution in [0.25, 0.3) is 6.08 Å². The fraction of sp³-hybridized carbons (Fsp3) is 0.194. The zero-order chi connectivity index (χ0) is 28.4. The largest absolute Gasteiger partial charge is 0.494 e. The van der Waals surface area contributed by atoms with E-state index in [0.717, 1.165) is 27.0 Å². The molecular formula is C31H29BrN4O3S. The van der Waals surface area contributed by atoms with Gasteiger partial charge in [-0.2, -0.15) is 0 Å². The minimum absolute atomic E-state index is 0.201. The van der Waals surface area contributed by atoms with Crippen molar-refractivity contribution >= 4 is 50.6 Å². The maximum absolute atomic E-state index is 13.9. The molecule has 0 unspecified atom stereocenters. The van der Waals surface area contributed by atoms with Crippen LogP contribution in [0.5, 0.6) is 5.75 Å². The molecule has 1 aromatic heterocycles. The summed E-state index contributed by atoms with van der Waals surface area (Å²) < 4.78 is 8.73. The summed E-state index contributed by atoms with van der Waals surface area (Å²) in [6.45, 7) is 4.29. The fourth-order valence-electron chi connectivity index (χ4n) is 4.69. The number of carbonyl (C=O) groups is 1. The van der Waals surface area contributed by atoms with Crippen molar-refractivity contribution in [2.45, 2.75) is 19.9 Å². The van der Waals surface area contributed by atoms with Crippen LogP contribution >= 0.6 is 27.3 Å². The topological polar surface area (TPSA) is 75.9 Å². The highest BCUT2D eigenvalue weighted by Gasteiger charge is 2.32. The number of hydrogen-bond acceptors (Lipinski definition) is 6. The van der Waals surface area contributed by atoms with Crippen molar-refractivity contribution in [2.75, 3.05) is 30.9 Å². The predicted octanol–water partition coefficient (Wildman–Crippen LogP) is 5.10. The van der Waals surface area contributed by atoms with E-state index in [4.69, 9.17) is 9.73 Å². The lowest BCUT2D eigenvalue weighted by molar-refractivity contribution is -0.113. The third kappa shape index (κ3) is 5.52. The summed E-state index contributed by atoms with van der Waals surface area (Å²) in [5.41, 5.74) is 4.18. The minimum Gasteiger partial charge on any atom is -0.494 e. The molecule has 3 aromatic carbocycles. The van der Waals surface area contributed by atoms with Gasteiger partial charge in [-0.25, -0.2) is 4.99 Å². The van der Waals surface area contributed by atoms with Crippen LogP contribution in [0.15, 0.2) is 98.3 Å². The number of halogens is 1. The number of nitrogens with one attached hydrogen (secondary N) is 1. The first-order valence-electron chi connectivity index (χ1n) is 12.9. The van der Waals surface area contributed by atoms with Gasteiger partial charge >= 0.3 is 0 Å². The molecule has 0 spiro atoms. The molecule has 204 valence electrons. The van der Waals surface area contributed by atoms with Crippen LogP contribution in [0, 0.1) is 0 Å². The van der Waals surface area contributed by atoms with Crippen LogP contribution < -0.4 is 29.8 Å². The Bertz CT molecular complexity index is 1770. The number of aromatic nitrogens is 1. The standard InChI is InChI=1S/C31H29BrN4O3S/c1-5-39-23-14-12-21(13-15-23)28-27(29(37)34-22-9-7-6-8-10-22)19(2)33-31-36(28)30(38)26(40-31)18-20-11-16-25(35(3)4)24(32)17-20/h6-18,28H,5H2,1-4H3,(H,34,37)/b26-18-/t28-/m0/s1. The molecule has 0 saturated heterocycles. The molecule has 1 amide bonds. The van der Waals surface area contributed by atoms with Crippen molar-refractivity contribution in [2.24, 2.45) is 4.99 Å². The average Bonchev–Trinajstić information content (AvgIpc) is 3.23. The summed E-state index contributed by atoms with van der Waals surface area (Å²) in [7, 11) is 3.96. The smallest absolute Gasteiger partial charge is 0.271 e. The minimum atomic E-state index is -0.652. The van der Waals surface area contributed by atoms with Gasteiger partial charge in [0.15, 0.2) is 4.80 Å². The monoisotopic (exact) mass is 616 g/mol. The van der Waals surface area contributed by atoms with Crippen LogP contribution in [0.1, 0.15) is 31.0 Å². The van der Waals surface area contributed by atoms with Gasteiger partial charge in [0.05, 0.1) is 34.1 Å². The van der Waals surface area contributed by atoms with Crippen molar-refractivity contribution < 1.29 is 9.53 Å². The number of para-hydroxylation sites is 1.